The molecule has 0 saturated carbocycles. The van der Waals surface area contributed by atoms with E-state index < -0.39 is 11.8 Å². The van der Waals surface area contributed by atoms with E-state index in [2.05, 4.69) is 5.32 Å². The molecule has 1 rings (SSSR count). The van der Waals surface area contributed by atoms with Gasteiger partial charge in [-0.1, -0.05) is 12.1 Å². The number of nitrogens with one attached hydrogen (secondary N) is 2. The van der Waals surface area contributed by atoms with Gasteiger partial charge in [0.15, 0.2) is 0 Å². The highest BCUT2D eigenvalue weighted by atomic mass is 16.2. The van der Waals surface area contributed by atoms with E-state index in [1.807, 2.05) is 13.0 Å². The van der Waals surface area contributed by atoms with E-state index in [0.717, 1.165) is 5.56 Å². The SMILES string of the molecule is Cc1cccc(NC(=O)C(=O)NN)c1. The molecule has 0 aromatic heterocycles. The monoisotopic (exact) mass is 193 g/mol. The molecule has 5 heteroatoms. The van der Waals surface area contributed by atoms with Crippen LogP contribution in [0, 0.1) is 6.92 Å². The Bertz CT molecular complexity index is 363. The average molecular weight is 193 g/mol. The van der Waals surface area contributed by atoms with Gasteiger partial charge in [0.2, 0.25) is 0 Å². The summed E-state index contributed by atoms with van der Waals surface area (Å²) in [4.78, 5) is 21.8. The second-order valence-corrected chi connectivity index (χ2v) is 2.80. The van der Waals surface area contributed by atoms with E-state index in [-0.39, 0.29) is 0 Å². The van der Waals surface area contributed by atoms with E-state index in [9.17, 15) is 9.59 Å². The Kier molecular flexibility index (Phi) is 3.19. The predicted octanol–water partition coefficient (Wildman–Crippen LogP) is -0.0766. The molecular formula is C9H11N3O2. The number of benzene rings is 1. The van der Waals surface area contributed by atoms with E-state index in [0.29, 0.717) is 5.69 Å². The van der Waals surface area contributed by atoms with E-state index >= 15 is 0 Å². The highest BCUT2D eigenvalue weighted by molar-refractivity contribution is 6.39. The molecule has 0 radical (unpaired) electrons. The molecule has 74 valence electrons. The van der Waals surface area contributed by atoms with Gasteiger partial charge in [0.05, 0.1) is 0 Å². The summed E-state index contributed by atoms with van der Waals surface area (Å²) >= 11 is 0. The highest BCUT2D eigenvalue weighted by Crippen LogP contribution is 2.08. The number of rotatable bonds is 1. The lowest BCUT2D eigenvalue weighted by Crippen LogP contribution is -2.39. The smallest absolute Gasteiger partial charge is 0.318 e. The summed E-state index contributed by atoms with van der Waals surface area (Å²) in [5.74, 6) is 3.15. The average Bonchev–Trinajstić information content (AvgIpc) is 2.16. The molecule has 0 aliphatic rings. The topological polar surface area (TPSA) is 84.2 Å². The van der Waals surface area contributed by atoms with E-state index in [1.54, 1.807) is 23.6 Å². The number of nitrogens with two attached hydrogens (primary N) is 1. The molecule has 0 heterocycles. The quantitative estimate of drug-likeness (QED) is 0.252. The fourth-order valence-electron chi connectivity index (χ4n) is 0.976. The third-order valence-corrected chi connectivity index (χ3v) is 1.61. The summed E-state index contributed by atoms with van der Waals surface area (Å²) in [6, 6.07) is 7.11. The normalized spacial score (nSPS) is 9.29. The lowest BCUT2D eigenvalue weighted by Gasteiger charge is -2.03. The molecular weight excluding hydrogens is 182 g/mol. The zero-order valence-corrected chi connectivity index (χ0v) is 7.70. The van der Waals surface area contributed by atoms with Crippen molar-refractivity contribution in [2.24, 2.45) is 5.84 Å². The Hall–Kier alpha value is -1.88. The summed E-state index contributed by atoms with van der Waals surface area (Å²) in [6.07, 6.45) is 0. The molecule has 0 atom stereocenters. The first-order valence-electron chi connectivity index (χ1n) is 4.02. The number of carbonyl (C=O) groups is 2. The van der Waals surface area contributed by atoms with Gasteiger partial charge in [-0.05, 0) is 24.6 Å². The number of hydrazine groups is 1. The van der Waals surface area contributed by atoms with Gasteiger partial charge in [0, 0.05) is 5.69 Å². The molecule has 5 nitrogen and oxygen atoms in total. The van der Waals surface area contributed by atoms with Gasteiger partial charge in [-0.15, -0.1) is 0 Å². The van der Waals surface area contributed by atoms with Crippen molar-refractivity contribution in [2.45, 2.75) is 6.92 Å². The van der Waals surface area contributed by atoms with Gasteiger partial charge in [0.25, 0.3) is 0 Å². The van der Waals surface area contributed by atoms with Crippen LogP contribution in [0.5, 0.6) is 0 Å². The first-order chi connectivity index (χ1) is 6.63. The number of amides is 2. The molecule has 2 amide bonds. The Labute approximate surface area is 81.3 Å². The summed E-state index contributed by atoms with van der Waals surface area (Å²) in [7, 11) is 0. The molecule has 0 aliphatic carbocycles. The molecule has 0 fully saturated rings. The van der Waals surface area contributed by atoms with Crippen molar-refractivity contribution >= 4 is 17.5 Å². The van der Waals surface area contributed by atoms with Crippen molar-refractivity contribution in [3.8, 4) is 0 Å². The summed E-state index contributed by atoms with van der Waals surface area (Å²) in [6.45, 7) is 1.89. The van der Waals surface area contributed by atoms with Gasteiger partial charge in [-0.2, -0.15) is 0 Å². The molecule has 0 aliphatic heterocycles. The minimum Gasteiger partial charge on any atom is -0.318 e. The third-order valence-electron chi connectivity index (χ3n) is 1.61. The zero-order valence-electron chi connectivity index (χ0n) is 7.70. The van der Waals surface area contributed by atoms with Crippen LogP contribution in [0.15, 0.2) is 24.3 Å². The Morgan fingerprint density at radius 1 is 1.29 bits per heavy atom. The molecule has 0 spiro atoms. The minimum absolute atomic E-state index is 0.568. The van der Waals surface area contributed by atoms with Crippen LogP contribution in [0.4, 0.5) is 5.69 Å². The molecule has 0 unspecified atom stereocenters. The van der Waals surface area contributed by atoms with Crippen molar-refractivity contribution in [3.63, 3.8) is 0 Å². The standard InChI is InChI=1S/C9H11N3O2/c1-6-3-2-4-7(5-6)11-8(13)9(14)12-10/h2-5H,10H2,1H3,(H,11,13)(H,12,14). The molecule has 1 aromatic carbocycles. The van der Waals surface area contributed by atoms with Crippen LogP contribution < -0.4 is 16.6 Å². The molecule has 4 N–H and O–H groups in total. The minimum atomic E-state index is -0.869. The van der Waals surface area contributed by atoms with Crippen LogP contribution in [0.2, 0.25) is 0 Å². The predicted molar refractivity (Wildman–Crippen MR) is 52.1 cm³/mol. The van der Waals surface area contributed by atoms with Crippen LogP contribution in [0.1, 0.15) is 5.56 Å². The molecule has 0 bridgehead atoms. The van der Waals surface area contributed by atoms with Crippen molar-refractivity contribution in [2.75, 3.05) is 5.32 Å². The maximum absolute atomic E-state index is 11.1. The number of aryl methyl sites for hydroxylation is 1. The van der Waals surface area contributed by atoms with E-state index in [4.69, 9.17) is 5.84 Å². The molecule has 0 saturated heterocycles. The lowest BCUT2D eigenvalue weighted by atomic mass is 10.2. The van der Waals surface area contributed by atoms with Gasteiger partial charge < -0.3 is 5.32 Å². The highest BCUT2D eigenvalue weighted by Gasteiger charge is 2.11. The van der Waals surface area contributed by atoms with Crippen LogP contribution >= 0.6 is 0 Å². The Morgan fingerprint density at radius 2 is 2.00 bits per heavy atom. The summed E-state index contributed by atoms with van der Waals surface area (Å²) in [5.41, 5.74) is 3.31. The maximum Gasteiger partial charge on any atom is 0.323 e. The fourth-order valence-corrected chi connectivity index (χ4v) is 0.976. The summed E-state index contributed by atoms with van der Waals surface area (Å²) in [5, 5.41) is 2.40. The van der Waals surface area contributed by atoms with E-state index in [1.165, 1.54) is 0 Å². The number of hydrogen-bond acceptors (Lipinski definition) is 3. The van der Waals surface area contributed by atoms with Crippen LogP contribution in [0.3, 0.4) is 0 Å². The third kappa shape index (κ3) is 2.56. The van der Waals surface area contributed by atoms with Crippen LogP contribution in [-0.4, -0.2) is 11.8 Å². The molecule has 1 aromatic rings. The van der Waals surface area contributed by atoms with Crippen LogP contribution in [0.25, 0.3) is 0 Å². The Balaban J connectivity index is 2.70. The van der Waals surface area contributed by atoms with Crippen LogP contribution in [-0.2, 0) is 9.59 Å². The second-order valence-electron chi connectivity index (χ2n) is 2.80. The van der Waals surface area contributed by atoms with Gasteiger partial charge in [0.1, 0.15) is 0 Å². The Morgan fingerprint density at radius 3 is 2.57 bits per heavy atom. The van der Waals surface area contributed by atoms with Gasteiger partial charge in [-0.3, -0.25) is 15.0 Å². The largest absolute Gasteiger partial charge is 0.323 e. The second kappa shape index (κ2) is 4.38. The number of carbonyl (C=O) groups excluding carboxylic acids is 2. The van der Waals surface area contributed by atoms with Crippen molar-refractivity contribution in [1.82, 2.24) is 5.43 Å². The zero-order chi connectivity index (χ0) is 10.6. The first-order valence-corrected chi connectivity index (χ1v) is 4.02. The summed E-state index contributed by atoms with van der Waals surface area (Å²) < 4.78 is 0. The van der Waals surface area contributed by atoms with Crippen molar-refractivity contribution in [3.05, 3.63) is 29.8 Å². The number of anilines is 1. The lowest BCUT2D eigenvalue weighted by molar-refractivity contribution is -0.136. The van der Waals surface area contributed by atoms with Crippen molar-refractivity contribution < 1.29 is 9.59 Å². The maximum atomic E-state index is 11.1. The fraction of sp³-hybridized carbons (Fsp3) is 0.111. The van der Waals surface area contributed by atoms with Gasteiger partial charge >= 0.3 is 11.8 Å². The van der Waals surface area contributed by atoms with Crippen molar-refractivity contribution in [1.29, 1.82) is 0 Å². The molecule has 14 heavy (non-hydrogen) atoms. The number of hydrogen-bond donors (Lipinski definition) is 3. The van der Waals surface area contributed by atoms with Gasteiger partial charge in [-0.25, -0.2) is 5.84 Å². The first kappa shape index (κ1) is 10.2.